The molecule has 1 aliphatic rings. The van der Waals surface area contributed by atoms with E-state index < -0.39 is 0 Å². The Kier molecular flexibility index (Phi) is 5.21. The molecular weight excluding hydrogens is 339 g/mol. The van der Waals surface area contributed by atoms with Crippen LogP contribution in [-0.4, -0.2) is 31.3 Å². The zero-order valence-corrected chi connectivity index (χ0v) is 14.9. The van der Waals surface area contributed by atoms with Crippen molar-refractivity contribution in [1.82, 2.24) is 4.98 Å². The van der Waals surface area contributed by atoms with Crippen LogP contribution in [0.2, 0.25) is 0 Å². The van der Waals surface area contributed by atoms with E-state index in [1.807, 2.05) is 41.3 Å². The van der Waals surface area contributed by atoms with Crippen LogP contribution in [0.1, 0.15) is 5.56 Å². The molecule has 3 aromatic rings. The van der Waals surface area contributed by atoms with Crippen LogP contribution < -0.4 is 4.90 Å². The number of hydrogen-bond donors (Lipinski definition) is 0. The molecule has 1 aliphatic heterocycles. The maximum absolute atomic E-state index is 14.6. The summed E-state index contributed by atoms with van der Waals surface area (Å²) in [4.78, 5) is 6.72. The maximum atomic E-state index is 14.6. The molecule has 25 heavy (non-hydrogen) atoms. The smallest absolute Gasteiger partial charge is 0.147 e. The molecule has 1 saturated heterocycles. The normalized spacial score (nSPS) is 14.4. The highest BCUT2D eigenvalue weighted by molar-refractivity contribution is 5.85. The summed E-state index contributed by atoms with van der Waals surface area (Å²) in [5, 5.41) is 1.13. The van der Waals surface area contributed by atoms with Crippen LogP contribution >= 0.6 is 12.4 Å². The maximum Gasteiger partial charge on any atom is 0.147 e. The number of ether oxygens (including phenoxy) is 1. The molecule has 2 aromatic carbocycles. The lowest BCUT2D eigenvalue weighted by atomic mass is 10.0. The number of hydrogen-bond acceptors (Lipinski definition) is 3. The predicted molar refractivity (Wildman–Crippen MR) is 102 cm³/mol. The van der Waals surface area contributed by atoms with E-state index in [9.17, 15) is 4.39 Å². The summed E-state index contributed by atoms with van der Waals surface area (Å²) in [7, 11) is 0. The highest BCUT2D eigenvalue weighted by atomic mass is 35.5. The molecule has 0 bridgehead atoms. The average molecular weight is 359 g/mol. The van der Waals surface area contributed by atoms with Gasteiger partial charge < -0.3 is 9.64 Å². The Morgan fingerprint density at radius 2 is 1.80 bits per heavy atom. The Labute approximate surface area is 152 Å². The van der Waals surface area contributed by atoms with Gasteiger partial charge in [-0.2, -0.15) is 0 Å². The molecular formula is C20H20ClFN2O. The first-order chi connectivity index (χ1) is 11.7. The highest BCUT2D eigenvalue weighted by Gasteiger charge is 2.16. The van der Waals surface area contributed by atoms with E-state index in [1.165, 1.54) is 0 Å². The molecule has 2 heterocycles. The molecule has 1 aromatic heterocycles. The summed E-state index contributed by atoms with van der Waals surface area (Å²) in [6.45, 7) is 4.80. The molecule has 1 fully saturated rings. The van der Waals surface area contributed by atoms with Gasteiger partial charge in [-0.15, -0.1) is 12.4 Å². The van der Waals surface area contributed by atoms with Crippen molar-refractivity contribution in [1.29, 1.82) is 0 Å². The standard InChI is InChI=1S/C20H19FN2O.ClH/c1-14-12-19(22-18-5-3-2-4-16(14)18)15-6-7-20(17(21)13-15)23-8-10-24-11-9-23;/h2-7,12-13H,8-11H2,1H3;1H. The van der Waals surface area contributed by atoms with Crippen LogP contribution in [-0.2, 0) is 4.74 Å². The van der Waals surface area contributed by atoms with Gasteiger partial charge in [-0.1, -0.05) is 24.3 Å². The molecule has 3 nitrogen and oxygen atoms in total. The molecule has 0 atom stereocenters. The molecule has 0 saturated carbocycles. The second kappa shape index (κ2) is 7.38. The Bertz CT molecular complexity index is 894. The Morgan fingerprint density at radius 1 is 1.04 bits per heavy atom. The summed E-state index contributed by atoms with van der Waals surface area (Å²) in [5.41, 5.74) is 4.33. The quantitative estimate of drug-likeness (QED) is 0.669. The Morgan fingerprint density at radius 3 is 2.56 bits per heavy atom. The zero-order chi connectivity index (χ0) is 16.5. The van der Waals surface area contributed by atoms with Crippen LogP contribution in [0.3, 0.4) is 0 Å². The molecule has 0 unspecified atom stereocenters. The van der Waals surface area contributed by atoms with Gasteiger partial charge in [-0.25, -0.2) is 9.37 Å². The number of nitrogens with zero attached hydrogens (tertiary/aromatic N) is 2. The minimum Gasteiger partial charge on any atom is -0.378 e. The number of morpholine rings is 1. The first-order valence-corrected chi connectivity index (χ1v) is 8.21. The van der Waals surface area contributed by atoms with E-state index in [0.717, 1.165) is 40.8 Å². The predicted octanol–water partition coefficient (Wildman–Crippen LogP) is 4.61. The van der Waals surface area contributed by atoms with Crippen molar-refractivity contribution >= 4 is 29.0 Å². The van der Waals surface area contributed by atoms with Crippen molar-refractivity contribution in [2.24, 2.45) is 0 Å². The summed E-state index contributed by atoms with van der Waals surface area (Å²) in [6, 6.07) is 15.4. The van der Waals surface area contributed by atoms with Crippen molar-refractivity contribution < 1.29 is 9.13 Å². The topological polar surface area (TPSA) is 25.4 Å². The van der Waals surface area contributed by atoms with Gasteiger partial charge in [-0.3, -0.25) is 0 Å². The van der Waals surface area contributed by atoms with Crippen molar-refractivity contribution in [2.75, 3.05) is 31.2 Å². The van der Waals surface area contributed by atoms with E-state index in [4.69, 9.17) is 4.74 Å². The minimum atomic E-state index is -0.206. The molecule has 0 N–H and O–H groups in total. The number of rotatable bonds is 2. The Hall–Kier alpha value is -2.17. The van der Waals surface area contributed by atoms with Gasteiger partial charge in [0, 0.05) is 24.0 Å². The summed E-state index contributed by atoms with van der Waals surface area (Å²) >= 11 is 0. The average Bonchev–Trinajstić information content (AvgIpc) is 2.62. The largest absolute Gasteiger partial charge is 0.378 e. The first kappa shape index (κ1) is 17.6. The van der Waals surface area contributed by atoms with Crippen LogP contribution in [0.5, 0.6) is 0 Å². The first-order valence-electron chi connectivity index (χ1n) is 8.21. The SMILES string of the molecule is Cc1cc(-c2ccc(N3CCOCC3)c(F)c2)nc2ccccc12.Cl. The lowest BCUT2D eigenvalue weighted by molar-refractivity contribution is 0.122. The fourth-order valence-electron chi connectivity index (χ4n) is 3.22. The number of benzene rings is 2. The van der Waals surface area contributed by atoms with Crippen molar-refractivity contribution in [3.8, 4) is 11.3 Å². The second-order valence-corrected chi connectivity index (χ2v) is 6.11. The third-order valence-electron chi connectivity index (χ3n) is 4.52. The molecule has 0 radical (unpaired) electrons. The highest BCUT2D eigenvalue weighted by Crippen LogP contribution is 2.28. The lowest BCUT2D eigenvalue weighted by Crippen LogP contribution is -2.36. The van der Waals surface area contributed by atoms with Crippen LogP contribution in [0.15, 0.2) is 48.5 Å². The number of aromatic nitrogens is 1. The van der Waals surface area contributed by atoms with Gasteiger partial charge in [0.2, 0.25) is 0 Å². The van der Waals surface area contributed by atoms with Gasteiger partial charge >= 0.3 is 0 Å². The van der Waals surface area contributed by atoms with E-state index in [1.54, 1.807) is 6.07 Å². The number of fused-ring (bicyclic) bond motifs is 1. The number of aryl methyl sites for hydroxylation is 1. The van der Waals surface area contributed by atoms with E-state index in [-0.39, 0.29) is 18.2 Å². The third-order valence-corrected chi connectivity index (χ3v) is 4.52. The third kappa shape index (κ3) is 3.46. The van der Waals surface area contributed by atoms with Crippen molar-refractivity contribution in [2.45, 2.75) is 6.92 Å². The molecule has 0 amide bonds. The van der Waals surface area contributed by atoms with Gasteiger partial charge in [0.05, 0.1) is 30.1 Å². The number of pyridine rings is 1. The van der Waals surface area contributed by atoms with Crippen LogP contribution in [0.25, 0.3) is 22.2 Å². The molecule has 4 rings (SSSR count). The summed E-state index contributed by atoms with van der Waals surface area (Å²) in [5.74, 6) is -0.206. The zero-order valence-electron chi connectivity index (χ0n) is 14.0. The van der Waals surface area contributed by atoms with Crippen molar-refractivity contribution in [3.05, 3.63) is 59.9 Å². The Balaban J connectivity index is 0.00000182. The van der Waals surface area contributed by atoms with Gasteiger partial charge in [0.1, 0.15) is 5.82 Å². The van der Waals surface area contributed by atoms with Crippen molar-refractivity contribution in [3.63, 3.8) is 0 Å². The second-order valence-electron chi connectivity index (χ2n) is 6.11. The minimum absolute atomic E-state index is 0. The van der Waals surface area contributed by atoms with Crippen LogP contribution in [0, 0.1) is 12.7 Å². The van der Waals surface area contributed by atoms with Crippen LogP contribution in [0.4, 0.5) is 10.1 Å². The number of anilines is 1. The summed E-state index contributed by atoms with van der Waals surface area (Å²) < 4.78 is 20.0. The van der Waals surface area contributed by atoms with E-state index in [2.05, 4.69) is 18.0 Å². The molecule has 130 valence electrons. The fourth-order valence-corrected chi connectivity index (χ4v) is 3.22. The number of para-hydroxylation sites is 1. The van der Waals surface area contributed by atoms with Gasteiger partial charge in [0.15, 0.2) is 0 Å². The number of halogens is 2. The molecule has 5 heteroatoms. The molecule has 0 aliphatic carbocycles. The fraction of sp³-hybridized carbons (Fsp3) is 0.250. The lowest BCUT2D eigenvalue weighted by Gasteiger charge is -2.29. The monoisotopic (exact) mass is 358 g/mol. The van der Waals surface area contributed by atoms with Gasteiger partial charge in [0.25, 0.3) is 0 Å². The molecule has 0 spiro atoms. The van der Waals surface area contributed by atoms with E-state index >= 15 is 0 Å². The van der Waals surface area contributed by atoms with E-state index in [0.29, 0.717) is 18.9 Å². The summed E-state index contributed by atoms with van der Waals surface area (Å²) in [6.07, 6.45) is 0. The van der Waals surface area contributed by atoms with Gasteiger partial charge in [-0.05, 0) is 36.8 Å².